The third kappa shape index (κ3) is 3.69. The summed E-state index contributed by atoms with van der Waals surface area (Å²) in [5.41, 5.74) is 1.51. The van der Waals surface area contributed by atoms with E-state index in [-0.39, 0.29) is 0 Å². The van der Waals surface area contributed by atoms with Gasteiger partial charge in [0, 0.05) is 11.8 Å². The normalized spacial score (nSPS) is 12.2. The average molecular weight is 278 g/mol. The molecule has 4 heteroatoms. The van der Waals surface area contributed by atoms with Crippen molar-refractivity contribution in [3.05, 3.63) is 58.9 Å². The second-order valence-electron chi connectivity index (χ2n) is 4.23. The molecule has 0 bridgehead atoms. The van der Waals surface area contributed by atoms with Gasteiger partial charge in [0.1, 0.15) is 17.0 Å². The fraction of sp³-hybridized carbons (Fsp3) is 0.267. The van der Waals surface area contributed by atoms with E-state index < -0.39 is 6.10 Å². The predicted molar refractivity (Wildman–Crippen MR) is 75.5 cm³/mol. The molecule has 0 spiro atoms. The first-order valence-corrected chi connectivity index (χ1v) is 6.60. The second-order valence-corrected chi connectivity index (χ2v) is 4.62. The average Bonchev–Trinajstić information content (AvgIpc) is 2.46. The number of hydrogen-bond donors (Lipinski definition) is 1. The Bertz CT molecular complexity index is 511. The van der Waals surface area contributed by atoms with Crippen molar-refractivity contribution in [3.8, 4) is 5.75 Å². The Kier molecular flexibility index (Phi) is 4.77. The molecule has 19 heavy (non-hydrogen) atoms. The zero-order valence-corrected chi connectivity index (χ0v) is 11.5. The molecule has 0 aliphatic heterocycles. The lowest BCUT2D eigenvalue weighted by Gasteiger charge is -2.12. The molecule has 2 rings (SSSR count). The Labute approximate surface area is 117 Å². The van der Waals surface area contributed by atoms with Crippen LogP contribution >= 0.6 is 11.6 Å². The number of ether oxygens (including phenoxy) is 1. The molecule has 0 aliphatic carbocycles. The van der Waals surface area contributed by atoms with Crippen LogP contribution < -0.4 is 4.74 Å². The van der Waals surface area contributed by atoms with Gasteiger partial charge in [0.05, 0.1) is 6.61 Å². The third-order valence-electron chi connectivity index (χ3n) is 2.73. The number of rotatable bonds is 5. The number of halogens is 1. The summed E-state index contributed by atoms with van der Waals surface area (Å²) in [7, 11) is 0. The number of aliphatic hydroxyl groups is 1. The topological polar surface area (TPSA) is 42.4 Å². The Morgan fingerprint density at radius 1 is 1.16 bits per heavy atom. The van der Waals surface area contributed by atoms with Crippen LogP contribution in [0.1, 0.15) is 30.6 Å². The summed E-state index contributed by atoms with van der Waals surface area (Å²) in [4.78, 5) is 3.96. The minimum Gasteiger partial charge on any atom is -0.494 e. The van der Waals surface area contributed by atoms with Crippen LogP contribution in [0.5, 0.6) is 5.75 Å². The molecule has 0 amide bonds. The molecule has 1 heterocycles. The summed E-state index contributed by atoms with van der Waals surface area (Å²) >= 11 is 5.72. The first-order valence-electron chi connectivity index (χ1n) is 6.23. The van der Waals surface area contributed by atoms with Crippen molar-refractivity contribution in [1.29, 1.82) is 0 Å². The van der Waals surface area contributed by atoms with Crippen molar-refractivity contribution in [1.82, 2.24) is 4.98 Å². The molecule has 1 atom stereocenters. The van der Waals surface area contributed by atoms with Gasteiger partial charge >= 0.3 is 0 Å². The maximum Gasteiger partial charge on any atom is 0.129 e. The van der Waals surface area contributed by atoms with E-state index in [1.807, 2.05) is 24.3 Å². The standard InChI is InChI=1S/C15H16ClNO2/c1-2-9-19-13-6-3-11(4-7-13)15(18)12-5-8-14(16)17-10-12/h3-8,10,15,18H,2,9H2,1H3. The summed E-state index contributed by atoms with van der Waals surface area (Å²) in [6.07, 6.45) is 1.85. The summed E-state index contributed by atoms with van der Waals surface area (Å²) < 4.78 is 5.50. The molecular formula is C15H16ClNO2. The summed E-state index contributed by atoms with van der Waals surface area (Å²) in [5, 5.41) is 10.6. The highest BCUT2D eigenvalue weighted by molar-refractivity contribution is 6.29. The van der Waals surface area contributed by atoms with E-state index in [4.69, 9.17) is 16.3 Å². The highest BCUT2D eigenvalue weighted by atomic mass is 35.5. The highest BCUT2D eigenvalue weighted by Crippen LogP contribution is 2.24. The van der Waals surface area contributed by atoms with Crippen LogP contribution in [0.3, 0.4) is 0 Å². The van der Waals surface area contributed by atoms with E-state index in [0.717, 1.165) is 17.7 Å². The van der Waals surface area contributed by atoms with Gasteiger partial charge in [0.25, 0.3) is 0 Å². The largest absolute Gasteiger partial charge is 0.494 e. The molecule has 3 nitrogen and oxygen atoms in total. The lowest BCUT2D eigenvalue weighted by Crippen LogP contribution is -2.01. The quantitative estimate of drug-likeness (QED) is 0.849. The summed E-state index contributed by atoms with van der Waals surface area (Å²) in [5.74, 6) is 0.812. The van der Waals surface area contributed by atoms with Gasteiger partial charge in [-0.2, -0.15) is 0 Å². The smallest absolute Gasteiger partial charge is 0.129 e. The van der Waals surface area contributed by atoms with E-state index in [9.17, 15) is 5.11 Å². The lowest BCUT2D eigenvalue weighted by atomic mass is 10.0. The fourth-order valence-corrected chi connectivity index (χ4v) is 1.82. The molecule has 1 N–H and O–H groups in total. The van der Waals surface area contributed by atoms with Gasteiger partial charge in [-0.15, -0.1) is 0 Å². The SMILES string of the molecule is CCCOc1ccc(C(O)c2ccc(Cl)nc2)cc1. The van der Waals surface area contributed by atoms with Crippen LogP contribution in [-0.2, 0) is 0 Å². The van der Waals surface area contributed by atoms with Crippen molar-refractivity contribution in [2.75, 3.05) is 6.61 Å². The Morgan fingerprint density at radius 2 is 1.84 bits per heavy atom. The van der Waals surface area contributed by atoms with Crippen LogP contribution in [0.25, 0.3) is 0 Å². The number of aromatic nitrogens is 1. The first kappa shape index (κ1) is 13.8. The third-order valence-corrected chi connectivity index (χ3v) is 2.96. The molecule has 0 aliphatic rings. The highest BCUT2D eigenvalue weighted by Gasteiger charge is 2.10. The minimum absolute atomic E-state index is 0.416. The van der Waals surface area contributed by atoms with Gasteiger partial charge in [-0.1, -0.05) is 36.7 Å². The van der Waals surface area contributed by atoms with Gasteiger partial charge in [-0.05, 0) is 30.2 Å². The van der Waals surface area contributed by atoms with Crippen molar-refractivity contribution in [3.63, 3.8) is 0 Å². The molecule has 100 valence electrons. The van der Waals surface area contributed by atoms with Gasteiger partial charge in [0.15, 0.2) is 0 Å². The van der Waals surface area contributed by atoms with Crippen LogP contribution in [0.4, 0.5) is 0 Å². The molecule has 0 fully saturated rings. The van der Waals surface area contributed by atoms with Crippen LogP contribution in [-0.4, -0.2) is 16.7 Å². The van der Waals surface area contributed by atoms with Crippen molar-refractivity contribution < 1.29 is 9.84 Å². The molecule has 0 saturated heterocycles. The van der Waals surface area contributed by atoms with E-state index in [1.165, 1.54) is 0 Å². The molecule has 0 radical (unpaired) electrons. The summed E-state index contributed by atoms with van der Waals surface area (Å²) in [6.45, 7) is 2.76. The maximum atomic E-state index is 10.2. The number of hydrogen-bond acceptors (Lipinski definition) is 3. The van der Waals surface area contributed by atoms with E-state index in [2.05, 4.69) is 11.9 Å². The van der Waals surface area contributed by atoms with E-state index in [0.29, 0.717) is 17.3 Å². The van der Waals surface area contributed by atoms with E-state index in [1.54, 1.807) is 18.3 Å². The maximum absolute atomic E-state index is 10.2. The Hall–Kier alpha value is -1.58. The molecule has 1 aromatic carbocycles. The first-order chi connectivity index (χ1) is 9.20. The zero-order valence-electron chi connectivity index (χ0n) is 10.7. The molecular weight excluding hydrogens is 262 g/mol. The molecule has 2 aromatic rings. The van der Waals surface area contributed by atoms with Gasteiger partial charge < -0.3 is 9.84 Å². The van der Waals surface area contributed by atoms with E-state index >= 15 is 0 Å². The lowest BCUT2D eigenvalue weighted by molar-refractivity contribution is 0.219. The molecule has 1 aromatic heterocycles. The van der Waals surface area contributed by atoms with Crippen LogP contribution in [0.2, 0.25) is 5.15 Å². The predicted octanol–water partition coefficient (Wildman–Crippen LogP) is 3.61. The summed E-state index contributed by atoms with van der Waals surface area (Å²) in [6, 6.07) is 10.9. The van der Waals surface area contributed by atoms with Gasteiger partial charge in [0.2, 0.25) is 0 Å². The molecule has 0 saturated carbocycles. The zero-order chi connectivity index (χ0) is 13.7. The Morgan fingerprint density at radius 3 is 2.42 bits per heavy atom. The number of pyridine rings is 1. The van der Waals surface area contributed by atoms with Crippen molar-refractivity contribution in [2.45, 2.75) is 19.4 Å². The monoisotopic (exact) mass is 277 g/mol. The Balaban J connectivity index is 2.10. The minimum atomic E-state index is -0.704. The number of benzene rings is 1. The van der Waals surface area contributed by atoms with Crippen LogP contribution in [0.15, 0.2) is 42.6 Å². The van der Waals surface area contributed by atoms with Gasteiger partial charge in [-0.25, -0.2) is 4.98 Å². The number of nitrogens with zero attached hydrogens (tertiary/aromatic N) is 1. The van der Waals surface area contributed by atoms with Crippen LogP contribution in [0, 0.1) is 0 Å². The fourth-order valence-electron chi connectivity index (χ4n) is 1.71. The van der Waals surface area contributed by atoms with Gasteiger partial charge in [-0.3, -0.25) is 0 Å². The van der Waals surface area contributed by atoms with Crippen molar-refractivity contribution >= 4 is 11.6 Å². The second kappa shape index (κ2) is 6.55. The molecule has 1 unspecified atom stereocenters. The van der Waals surface area contributed by atoms with Crippen molar-refractivity contribution in [2.24, 2.45) is 0 Å². The number of aliphatic hydroxyl groups excluding tert-OH is 1.